The average molecular weight is 525 g/mol. The van der Waals surface area contributed by atoms with Crippen molar-refractivity contribution in [3.63, 3.8) is 0 Å². The third-order valence-corrected chi connectivity index (χ3v) is 5.93. The normalized spacial score (nSPS) is 17.3. The summed E-state index contributed by atoms with van der Waals surface area (Å²) in [6.07, 6.45) is 5.50. The van der Waals surface area contributed by atoms with Crippen LogP contribution >= 0.6 is 24.0 Å². The van der Waals surface area contributed by atoms with Crippen LogP contribution < -0.4 is 14.2 Å². The molecule has 1 aromatic heterocycles. The summed E-state index contributed by atoms with van der Waals surface area (Å²) in [5, 5.41) is 9.76. The van der Waals surface area contributed by atoms with Gasteiger partial charge in [-0.1, -0.05) is 19.0 Å². The van der Waals surface area contributed by atoms with Crippen molar-refractivity contribution >= 4 is 36.1 Å². The summed E-state index contributed by atoms with van der Waals surface area (Å²) >= 11 is 6.25. The van der Waals surface area contributed by atoms with Crippen LogP contribution in [0.4, 0.5) is 0 Å². The second-order valence-corrected chi connectivity index (χ2v) is 9.20. The lowest BCUT2D eigenvalue weighted by Crippen LogP contribution is -2.40. The van der Waals surface area contributed by atoms with Crippen molar-refractivity contribution in [1.82, 2.24) is 9.88 Å². The molecule has 1 saturated heterocycles. The van der Waals surface area contributed by atoms with E-state index in [0.29, 0.717) is 36.4 Å². The Hall–Kier alpha value is -2.48. The number of carboxylic acid groups (broad SMARTS) is 1. The highest BCUT2D eigenvalue weighted by atomic mass is 35.5. The van der Waals surface area contributed by atoms with E-state index in [1.807, 2.05) is 32.0 Å². The zero-order valence-corrected chi connectivity index (χ0v) is 20.9. The highest BCUT2D eigenvalue weighted by Gasteiger charge is 2.26. The average Bonchev–Trinajstić information content (AvgIpc) is 2.79. The number of halogens is 2. The third-order valence-electron chi connectivity index (χ3n) is 5.66. The maximum atomic E-state index is 11.3. The first-order valence-corrected chi connectivity index (χ1v) is 11.6. The number of hydrogen-bond acceptors (Lipinski definition) is 6. The number of piperidine rings is 1. The van der Waals surface area contributed by atoms with Gasteiger partial charge < -0.3 is 19.3 Å². The van der Waals surface area contributed by atoms with Gasteiger partial charge in [-0.2, -0.15) is 0 Å². The Labute approximate surface area is 218 Å². The molecule has 0 unspecified atom stereocenters. The second kappa shape index (κ2) is 13.0. The fraction of sp³-hybridized carbons (Fsp3) is 0.462. The Bertz CT molecular complexity index is 1040. The fourth-order valence-electron chi connectivity index (χ4n) is 4.08. The SMILES string of the molecule is C.CC(C)Oc1ncc(COc2ccc3c(c2)OCC(CN2CCC[C@@H](C(=O)O)C2)=C3)cc1Cl.Cl. The lowest BCUT2D eigenvalue weighted by Gasteiger charge is -2.32. The van der Waals surface area contributed by atoms with Crippen LogP contribution in [-0.2, 0) is 11.4 Å². The molecule has 9 heteroatoms. The molecule has 0 spiro atoms. The minimum atomic E-state index is -0.704. The van der Waals surface area contributed by atoms with Crippen LogP contribution in [0.25, 0.3) is 6.08 Å². The van der Waals surface area contributed by atoms with Crippen molar-refractivity contribution in [2.45, 2.75) is 46.8 Å². The highest BCUT2D eigenvalue weighted by Crippen LogP contribution is 2.32. The van der Waals surface area contributed by atoms with Gasteiger partial charge in [-0.05, 0) is 63.1 Å². The molecule has 1 fully saturated rings. The van der Waals surface area contributed by atoms with Crippen molar-refractivity contribution in [2.75, 3.05) is 26.2 Å². The van der Waals surface area contributed by atoms with Crippen LogP contribution in [0.2, 0.25) is 5.02 Å². The maximum Gasteiger partial charge on any atom is 0.307 e. The zero-order chi connectivity index (χ0) is 23.4. The van der Waals surface area contributed by atoms with Gasteiger partial charge in [-0.3, -0.25) is 9.69 Å². The summed E-state index contributed by atoms with van der Waals surface area (Å²) in [6, 6.07) is 7.57. The number of pyridine rings is 1. The Morgan fingerprint density at radius 3 is 2.86 bits per heavy atom. The van der Waals surface area contributed by atoms with Gasteiger partial charge in [0.25, 0.3) is 0 Å². The number of hydrogen-bond donors (Lipinski definition) is 1. The Morgan fingerprint density at radius 2 is 2.14 bits per heavy atom. The molecule has 192 valence electrons. The fourth-order valence-corrected chi connectivity index (χ4v) is 4.31. The van der Waals surface area contributed by atoms with Gasteiger partial charge in [0.15, 0.2) is 0 Å². The van der Waals surface area contributed by atoms with E-state index >= 15 is 0 Å². The smallest absolute Gasteiger partial charge is 0.307 e. The van der Waals surface area contributed by atoms with E-state index in [2.05, 4.69) is 16.0 Å². The van der Waals surface area contributed by atoms with E-state index < -0.39 is 5.97 Å². The number of rotatable bonds is 8. The quantitative estimate of drug-likeness (QED) is 0.471. The van der Waals surface area contributed by atoms with E-state index in [4.69, 9.17) is 25.8 Å². The lowest BCUT2D eigenvalue weighted by molar-refractivity contribution is -0.143. The molecule has 0 saturated carbocycles. The first-order valence-electron chi connectivity index (χ1n) is 11.2. The molecule has 1 N–H and O–H groups in total. The Kier molecular flexibility index (Phi) is 10.7. The number of fused-ring (bicyclic) bond motifs is 1. The first-order chi connectivity index (χ1) is 15.9. The molecule has 1 atom stereocenters. The van der Waals surface area contributed by atoms with Gasteiger partial charge in [0.05, 0.1) is 12.0 Å². The van der Waals surface area contributed by atoms with Crippen molar-refractivity contribution in [3.8, 4) is 17.4 Å². The molecule has 7 nitrogen and oxygen atoms in total. The van der Waals surface area contributed by atoms with Gasteiger partial charge >= 0.3 is 5.97 Å². The largest absolute Gasteiger partial charge is 0.489 e. The Balaban J connectivity index is 0.00000216. The van der Waals surface area contributed by atoms with E-state index in [9.17, 15) is 9.90 Å². The molecule has 3 heterocycles. The van der Waals surface area contributed by atoms with Gasteiger partial charge in [0, 0.05) is 36.5 Å². The van der Waals surface area contributed by atoms with Gasteiger partial charge in [-0.25, -0.2) is 4.98 Å². The van der Waals surface area contributed by atoms with Crippen LogP contribution in [-0.4, -0.2) is 53.3 Å². The van der Waals surface area contributed by atoms with E-state index in [1.165, 1.54) is 0 Å². The molecule has 0 aliphatic carbocycles. The molecule has 4 rings (SSSR count). The van der Waals surface area contributed by atoms with Crippen LogP contribution in [0, 0.1) is 5.92 Å². The minimum Gasteiger partial charge on any atom is -0.489 e. The summed E-state index contributed by atoms with van der Waals surface area (Å²) in [6.45, 7) is 6.91. The first kappa shape index (κ1) is 28.8. The second-order valence-electron chi connectivity index (χ2n) is 8.79. The van der Waals surface area contributed by atoms with Crippen LogP contribution in [0.1, 0.15) is 45.2 Å². The summed E-state index contributed by atoms with van der Waals surface area (Å²) in [5.41, 5.74) is 2.99. The molecular formula is C26H34Cl2N2O5. The van der Waals surface area contributed by atoms with E-state index in [0.717, 1.165) is 48.4 Å². The van der Waals surface area contributed by atoms with Crippen molar-refractivity contribution in [3.05, 3.63) is 52.2 Å². The van der Waals surface area contributed by atoms with Crippen LogP contribution in [0.15, 0.2) is 36.0 Å². The molecule has 1 aromatic carbocycles. The van der Waals surface area contributed by atoms with E-state index in [1.54, 1.807) is 12.3 Å². The maximum absolute atomic E-state index is 11.3. The van der Waals surface area contributed by atoms with E-state index in [-0.39, 0.29) is 31.9 Å². The van der Waals surface area contributed by atoms with Crippen molar-refractivity contribution in [2.24, 2.45) is 5.92 Å². The number of likely N-dealkylation sites (tertiary alicyclic amines) is 1. The molecule has 2 aliphatic heterocycles. The zero-order valence-electron chi connectivity index (χ0n) is 19.3. The topological polar surface area (TPSA) is 81.1 Å². The number of ether oxygens (including phenoxy) is 3. The highest BCUT2D eigenvalue weighted by molar-refractivity contribution is 6.31. The molecule has 0 bridgehead atoms. The minimum absolute atomic E-state index is 0. The summed E-state index contributed by atoms with van der Waals surface area (Å²) < 4.78 is 17.5. The molecule has 35 heavy (non-hydrogen) atoms. The molecular weight excluding hydrogens is 491 g/mol. The monoisotopic (exact) mass is 524 g/mol. The predicted molar refractivity (Wildman–Crippen MR) is 140 cm³/mol. The molecule has 0 amide bonds. The number of carbonyl (C=O) groups is 1. The summed E-state index contributed by atoms with van der Waals surface area (Å²) in [7, 11) is 0. The van der Waals surface area contributed by atoms with Crippen molar-refractivity contribution in [1.29, 1.82) is 0 Å². The third kappa shape index (κ3) is 7.75. The summed E-state index contributed by atoms with van der Waals surface area (Å²) in [4.78, 5) is 17.8. The number of aromatic nitrogens is 1. The number of carboxylic acids is 1. The van der Waals surface area contributed by atoms with Crippen LogP contribution in [0.3, 0.4) is 0 Å². The van der Waals surface area contributed by atoms with Crippen molar-refractivity contribution < 1.29 is 24.1 Å². The predicted octanol–water partition coefficient (Wildman–Crippen LogP) is 5.73. The summed E-state index contributed by atoms with van der Waals surface area (Å²) in [5.74, 6) is 0.909. The standard InChI is InChI=1S/C25H29ClN2O5.CH4.ClH/c1-16(2)33-24-22(26)9-17(11-27-24)14-31-21-6-5-19-8-18(15-32-23(19)10-21)12-28-7-3-4-20(13-28)25(29)30;;/h5-6,8-11,16,20H,3-4,7,12-15H2,1-2H3,(H,29,30);1H4;1H/t20-;;/m1../s1. The number of aliphatic carboxylic acids is 1. The molecule has 0 radical (unpaired) electrons. The van der Waals surface area contributed by atoms with Crippen LogP contribution in [0.5, 0.6) is 17.4 Å². The Morgan fingerprint density at radius 1 is 1.34 bits per heavy atom. The number of nitrogens with zero attached hydrogens (tertiary/aromatic N) is 2. The lowest BCUT2D eigenvalue weighted by atomic mass is 9.97. The molecule has 2 aromatic rings. The molecule has 2 aliphatic rings. The van der Waals surface area contributed by atoms with Gasteiger partial charge in [-0.15, -0.1) is 12.4 Å². The number of benzene rings is 1. The van der Waals surface area contributed by atoms with Gasteiger partial charge in [0.2, 0.25) is 5.88 Å². The van der Waals surface area contributed by atoms with Gasteiger partial charge in [0.1, 0.15) is 29.7 Å².